The SMILES string of the molecule is CC(CCC1(O)CCc2ccccc2O1)CC(=O)O. The Balaban J connectivity index is 1.92. The van der Waals surface area contributed by atoms with Crippen LogP contribution in [-0.4, -0.2) is 22.0 Å². The fourth-order valence-electron chi connectivity index (χ4n) is 2.44. The summed E-state index contributed by atoms with van der Waals surface area (Å²) in [4.78, 5) is 10.6. The molecule has 1 aromatic rings. The van der Waals surface area contributed by atoms with Crippen molar-refractivity contribution in [2.75, 3.05) is 0 Å². The van der Waals surface area contributed by atoms with Gasteiger partial charge < -0.3 is 14.9 Å². The van der Waals surface area contributed by atoms with Crippen LogP contribution in [0.25, 0.3) is 0 Å². The van der Waals surface area contributed by atoms with Crippen molar-refractivity contribution in [2.45, 2.75) is 44.8 Å². The highest BCUT2D eigenvalue weighted by Gasteiger charge is 2.33. The smallest absolute Gasteiger partial charge is 0.303 e. The summed E-state index contributed by atoms with van der Waals surface area (Å²) in [6.07, 6.45) is 2.59. The quantitative estimate of drug-likeness (QED) is 0.857. The van der Waals surface area contributed by atoms with Crippen LogP contribution in [0, 0.1) is 5.92 Å². The number of carbonyl (C=O) groups is 1. The zero-order valence-corrected chi connectivity index (χ0v) is 11.1. The first-order valence-electron chi connectivity index (χ1n) is 6.69. The molecule has 0 saturated carbocycles. The topological polar surface area (TPSA) is 66.8 Å². The third-order valence-electron chi connectivity index (χ3n) is 3.61. The van der Waals surface area contributed by atoms with E-state index in [1.54, 1.807) is 0 Å². The van der Waals surface area contributed by atoms with E-state index in [0.717, 1.165) is 17.7 Å². The normalized spacial score (nSPS) is 23.3. The first-order chi connectivity index (χ1) is 8.98. The maximum atomic E-state index is 10.6. The van der Waals surface area contributed by atoms with Gasteiger partial charge in [-0.05, 0) is 30.4 Å². The van der Waals surface area contributed by atoms with Crippen LogP contribution < -0.4 is 4.74 Å². The van der Waals surface area contributed by atoms with Gasteiger partial charge in [-0.25, -0.2) is 0 Å². The molecule has 0 aliphatic carbocycles. The van der Waals surface area contributed by atoms with Crippen LogP contribution in [0.4, 0.5) is 0 Å². The molecule has 0 saturated heterocycles. The number of aryl methyl sites for hydroxylation is 1. The lowest BCUT2D eigenvalue weighted by Crippen LogP contribution is -2.39. The zero-order valence-electron chi connectivity index (χ0n) is 11.1. The summed E-state index contributed by atoms with van der Waals surface area (Å²) in [5.74, 6) is -1.17. The van der Waals surface area contributed by atoms with Crippen LogP contribution in [0.15, 0.2) is 24.3 Å². The summed E-state index contributed by atoms with van der Waals surface area (Å²) in [6.45, 7) is 1.88. The lowest BCUT2D eigenvalue weighted by molar-refractivity contribution is -0.158. The molecular weight excluding hydrogens is 244 g/mol. The van der Waals surface area contributed by atoms with Gasteiger partial charge in [-0.15, -0.1) is 0 Å². The Labute approximate surface area is 113 Å². The molecule has 0 amide bonds. The van der Waals surface area contributed by atoms with Gasteiger partial charge in [0.2, 0.25) is 5.79 Å². The van der Waals surface area contributed by atoms with Crippen LogP contribution in [0.3, 0.4) is 0 Å². The Morgan fingerprint density at radius 1 is 1.47 bits per heavy atom. The van der Waals surface area contributed by atoms with Crippen LogP contribution in [-0.2, 0) is 11.2 Å². The molecule has 0 aromatic heterocycles. The van der Waals surface area contributed by atoms with Gasteiger partial charge in [0.1, 0.15) is 5.75 Å². The molecule has 2 rings (SSSR count). The third-order valence-corrected chi connectivity index (χ3v) is 3.61. The van der Waals surface area contributed by atoms with Crippen LogP contribution in [0.1, 0.15) is 38.2 Å². The average Bonchev–Trinajstić information content (AvgIpc) is 2.36. The first-order valence-corrected chi connectivity index (χ1v) is 6.69. The number of hydrogen-bond donors (Lipinski definition) is 2. The summed E-state index contributed by atoms with van der Waals surface area (Å²) >= 11 is 0. The Bertz CT molecular complexity index is 457. The molecule has 4 nitrogen and oxygen atoms in total. The van der Waals surface area contributed by atoms with Crippen molar-refractivity contribution in [1.82, 2.24) is 0 Å². The molecule has 2 N–H and O–H groups in total. The van der Waals surface area contributed by atoms with Gasteiger partial charge in [0.25, 0.3) is 0 Å². The van der Waals surface area contributed by atoms with Gasteiger partial charge in [0.05, 0.1) is 0 Å². The molecule has 2 atom stereocenters. The van der Waals surface area contributed by atoms with Crippen molar-refractivity contribution in [3.63, 3.8) is 0 Å². The van der Waals surface area contributed by atoms with Crippen LogP contribution in [0.2, 0.25) is 0 Å². The number of hydrogen-bond acceptors (Lipinski definition) is 3. The van der Waals surface area contributed by atoms with Gasteiger partial charge in [-0.1, -0.05) is 25.1 Å². The predicted octanol–water partition coefficient (Wildman–Crippen LogP) is 2.59. The summed E-state index contributed by atoms with van der Waals surface area (Å²) in [6, 6.07) is 7.71. The molecule has 2 unspecified atom stereocenters. The summed E-state index contributed by atoms with van der Waals surface area (Å²) < 4.78 is 5.68. The van der Waals surface area contributed by atoms with E-state index in [1.165, 1.54) is 0 Å². The molecule has 1 aliphatic heterocycles. The Kier molecular flexibility index (Phi) is 4.10. The van der Waals surface area contributed by atoms with Crippen molar-refractivity contribution in [3.8, 4) is 5.75 Å². The molecule has 0 fully saturated rings. The molecule has 4 heteroatoms. The van der Waals surface area contributed by atoms with Crippen molar-refractivity contribution in [3.05, 3.63) is 29.8 Å². The maximum Gasteiger partial charge on any atom is 0.303 e. The second-order valence-electron chi connectivity index (χ2n) is 5.40. The van der Waals surface area contributed by atoms with Gasteiger partial charge in [0, 0.05) is 19.3 Å². The fourth-order valence-corrected chi connectivity index (χ4v) is 2.44. The van der Waals surface area contributed by atoms with Crippen molar-refractivity contribution < 1.29 is 19.7 Å². The van der Waals surface area contributed by atoms with Crippen LogP contribution in [0.5, 0.6) is 5.75 Å². The molecule has 19 heavy (non-hydrogen) atoms. The largest absolute Gasteiger partial charge is 0.481 e. The molecule has 0 spiro atoms. The minimum atomic E-state index is -1.15. The Hall–Kier alpha value is -1.55. The van der Waals surface area contributed by atoms with Gasteiger partial charge in [-0.2, -0.15) is 0 Å². The summed E-state index contributed by atoms with van der Waals surface area (Å²) in [7, 11) is 0. The third kappa shape index (κ3) is 3.70. The minimum Gasteiger partial charge on any atom is -0.481 e. The molecule has 1 aromatic carbocycles. The second-order valence-corrected chi connectivity index (χ2v) is 5.40. The molecule has 0 radical (unpaired) electrons. The van der Waals surface area contributed by atoms with Crippen molar-refractivity contribution in [1.29, 1.82) is 0 Å². The number of para-hydroxylation sites is 1. The van der Waals surface area contributed by atoms with E-state index < -0.39 is 11.8 Å². The number of aliphatic carboxylic acids is 1. The van der Waals surface area contributed by atoms with Crippen molar-refractivity contribution in [2.24, 2.45) is 5.92 Å². The molecule has 104 valence electrons. The second kappa shape index (κ2) is 5.61. The highest BCUT2D eigenvalue weighted by Crippen LogP contribution is 2.34. The van der Waals surface area contributed by atoms with E-state index in [-0.39, 0.29) is 12.3 Å². The minimum absolute atomic E-state index is 0.0438. The van der Waals surface area contributed by atoms with Gasteiger partial charge >= 0.3 is 5.97 Å². The lowest BCUT2D eigenvalue weighted by atomic mass is 9.92. The average molecular weight is 264 g/mol. The number of rotatable bonds is 5. The lowest BCUT2D eigenvalue weighted by Gasteiger charge is -2.34. The van der Waals surface area contributed by atoms with E-state index in [2.05, 4.69) is 0 Å². The fraction of sp³-hybridized carbons (Fsp3) is 0.533. The predicted molar refractivity (Wildman–Crippen MR) is 71.0 cm³/mol. The molecular formula is C15H20O4. The molecule has 1 aliphatic rings. The van der Waals surface area contributed by atoms with E-state index in [0.29, 0.717) is 19.3 Å². The standard InChI is InChI=1S/C15H20O4/c1-11(10-14(16)17)6-8-15(18)9-7-12-4-2-3-5-13(12)19-15/h2-5,11,18H,6-10H2,1H3,(H,16,17). The molecule has 1 heterocycles. The number of fused-ring (bicyclic) bond motifs is 1. The van der Waals surface area contributed by atoms with Crippen LogP contribution >= 0.6 is 0 Å². The van der Waals surface area contributed by atoms with E-state index >= 15 is 0 Å². The van der Waals surface area contributed by atoms with Gasteiger partial charge in [0.15, 0.2) is 0 Å². The first kappa shape index (κ1) is 13.9. The number of carboxylic acid groups (broad SMARTS) is 1. The van der Waals surface area contributed by atoms with E-state index in [9.17, 15) is 9.90 Å². The van der Waals surface area contributed by atoms with Crippen molar-refractivity contribution >= 4 is 5.97 Å². The number of ether oxygens (including phenoxy) is 1. The number of aliphatic hydroxyl groups is 1. The highest BCUT2D eigenvalue weighted by molar-refractivity contribution is 5.66. The highest BCUT2D eigenvalue weighted by atomic mass is 16.6. The zero-order chi connectivity index (χ0) is 13.9. The Morgan fingerprint density at radius 2 is 2.21 bits per heavy atom. The van der Waals surface area contributed by atoms with E-state index in [4.69, 9.17) is 9.84 Å². The summed E-state index contributed by atoms with van der Waals surface area (Å²) in [5, 5.41) is 19.2. The monoisotopic (exact) mass is 264 g/mol. The van der Waals surface area contributed by atoms with E-state index in [1.807, 2.05) is 31.2 Å². The number of carboxylic acids is 1. The number of benzene rings is 1. The summed E-state index contributed by atoms with van der Waals surface area (Å²) in [5.41, 5.74) is 1.12. The Morgan fingerprint density at radius 3 is 2.95 bits per heavy atom. The molecule has 0 bridgehead atoms. The maximum absolute atomic E-state index is 10.6. The van der Waals surface area contributed by atoms with Gasteiger partial charge in [-0.3, -0.25) is 4.79 Å².